The summed E-state index contributed by atoms with van der Waals surface area (Å²) < 4.78 is 15.8. The molecule has 0 radical (unpaired) electrons. The Hall–Kier alpha value is -4.06. The van der Waals surface area contributed by atoms with Crippen LogP contribution in [-0.4, -0.2) is 19.5 Å². The fraction of sp³-hybridized carbons (Fsp3) is 0.148. The quantitative estimate of drug-likeness (QED) is 0.349. The number of imidazole rings is 1. The number of fused-ring (bicyclic) bond motifs is 1. The van der Waals surface area contributed by atoms with Crippen LogP contribution in [-0.2, 0) is 6.42 Å². The van der Waals surface area contributed by atoms with E-state index >= 15 is 0 Å². The Balaban J connectivity index is 0.00000126. The van der Waals surface area contributed by atoms with Crippen LogP contribution in [0.2, 0.25) is 0 Å². The lowest BCUT2D eigenvalue weighted by atomic mass is 10.1. The summed E-state index contributed by atoms with van der Waals surface area (Å²) in [6, 6.07) is 22.2. The van der Waals surface area contributed by atoms with E-state index < -0.39 is 0 Å². The van der Waals surface area contributed by atoms with Crippen molar-refractivity contribution < 1.29 is 4.39 Å². The summed E-state index contributed by atoms with van der Waals surface area (Å²) in [7, 11) is 0. The van der Waals surface area contributed by atoms with Gasteiger partial charge in [-0.3, -0.25) is 4.57 Å². The molecule has 6 heteroatoms. The van der Waals surface area contributed by atoms with Crippen LogP contribution >= 0.6 is 0 Å². The number of hydrogen-bond donors (Lipinski definition) is 1. The minimum Gasteiger partial charge on any atom is -0.383 e. The third-order valence-electron chi connectivity index (χ3n) is 5.31. The smallest absolute Gasteiger partial charge is 0.165 e. The predicted octanol–water partition coefficient (Wildman–Crippen LogP) is 6.46. The van der Waals surface area contributed by atoms with Crippen molar-refractivity contribution in [1.82, 2.24) is 19.5 Å². The molecule has 2 aromatic carbocycles. The number of aryl methyl sites for hydroxylation is 1. The van der Waals surface area contributed by atoms with Gasteiger partial charge in [0, 0.05) is 17.4 Å². The molecule has 0 aliphatic heterocycles. The van der Waals surface area contributed by atoms with E-state index in [0.717, 1.165) is 23.2 Å². The molecule has 2 N–H and O–H groups in total. The minimum atomic E-state index is -0.299. The summed E-state index contributed by atoms with van der Waals surface area (Å²) in [5.74, 6) is 0.759. The Morgan fingerprint density at radius 1 is 0.909 bits per heavy atom. The molecule has 0 aliphatic carbocycles. The summed E-state index contributed by atoms with van der Waals surface area (Å²) in [5, 5.41) is 0. The van der Waals surface area contributed by atoms with Crippen LogP contribution < -0.4 is 5.73 Å². The van der Waals surface area contributed by atoms with Gasteiger partial charge in [-0.2, -0.15) is 0 Å². The van der Waals surface area contributed by atoms with Gasteiger partial charge in [-0.05, 0) is 60.5 Å². The van der Waals surface area contributed by atoms with Gasteiger partial charge in [-0.1, -0.05) is 45.0 Å². The number of nitrogens with two attached hydrogens (primary N) is 1. The molecule has 5 nitrogen and oxygen atoms in total. The number of nitrogens with zero attached hydrogens (tertiary/aromatic N) is 4. The van der Waals surface area contributed by atoms with Gasteiger partial charge in [0.2, 0.25) is 0 Å². The SMILES string of the molecule is CC.CCc1ccc(-n2c(-c3cccnc3N)nc3ccc(-c4cccc(F)c4)nc32)cc1. The highest BCUT2D eigenvalue weighted by Crippen LogP contribution is 2.31. The van der Waals surface area contributed by atoms with Crippen LogP contribution in [0, 0.1) is 5.82 Å². The minimum absolute atomic E-state index is 0.299. The zero-order valence-electron chi connectivity index (χ0n) is 19.0. The molecule has 0 saturated carbocycles. The number of nitrogen functional groups attached to an aromatic ring is 1. The second-order valence-corrected chi connectivity index (χ2v) is 7.28. The monoisotopic (exact) mass is 439 g/mol. The van der Waals surface area contributed by atoms with Crippen LogP contribution in [0.4, 0.5) is 10.2 Å². The van der Waals surface area contributed by atoms with E-state index in [9.17, 15) is 4.39 Å². The molecule has 0 fully saturated rings. The Morgan fingerprint density at radius 2 is 1.70 bits per heavy atom. The molecular formula is C27H26FN5. The zero-order valence-corrected chi connectivity index (χ0v) is 19.0. The molecule has 5 aromatic rings. The van der Waals surface area contributed by atoms with Crippen LogP contribution in [0.5, 0.6) is 0 Å². The van der Waals surface area contributed by atoms with Gasteiger partial charge >= 0.3 is 0 Å². The van der Waals surface area contributed by atoms with E-state index in [4.69, 9.17) is 15.7 Å². The van der Waals surface area contributed by atoms with Gasteiger partial charge in [0.25, 0.3) is 0 Å². The molecule has 0 unspecified atom stereocenters. The van der Waals surface area contributed by atoms with Crippen molar-refractivity contribution in [2.75, 3.05) is 5.73 Å². The lowest BCUT2D eigenvalue weighted by Gasteiger charge is -2.11. The average Bonchev–Trinajstić information content (AvgIpc) is 3.24. The Kier molecular flexibility index (Phi) is 6.45. The highest BCUT2D eigenvalue weighted by molar-refractivity contribution is 5.84. The summed E-state index contributed by atoms with van der Waals surface area (Å²) in [5.41, 5.74) is 11.8. The Morgan fingerprint density at radius 3 is 2.39 bits per heavy atom. The topological polar surface area (TPSA) is 69.6 Å². The van der Waals surface area contributed by atoms with Crippen molar-refractivity contribution in [1.29, 1.82) is 0 Å². The largest absolute Gasteiger partial charge is 0.383 e. The Bertz CT molecular complexity index is 1390. The second kappa shape index (κ2) is 9.61. The standard InChI is InChI=1S/C25H20FN5.C2H6/c1-2-16-8-10-19(11-9-16)31-24(20-7-4-14-28-23(20)27)30-22-13-12-21(29-25(22)31)17-5-3-6-18(26)15-17;1-2/h3-15H,2H2,1H3,(H2,27,28);1-2H3. The molecule has 0 atom stereocenters. The molecule has 0 spiro atoms. The number of halogens is 1. The summed E-state index contributed by atoms with van der Waals surface area (Å²) in [6.07, 6.45) is 2.61. The lowest BCUT2D eigenvalue weighted by Crippen LogP contribution is -2.02. The molecule has 3 heterocycles. The van der Waals surface area contributed by atoms with Gasteiger partial charge in [-0.25, -0.2) is 19.3 Å². The van der Waals surface area contributed by atoms with Crippen LogP contribution in [0.3, 0.4) is 0 Å². The van der Waals surface area contributed by atoms with E-state index in [2.05, 4.69) is 24.0 Å². The second-order valence-electron chi connectivity index (χ2n) is 7.28. The number of rotatable bonds is 4. The number of hydrogen-bond acceptors (Lipinski definition) is 4. The van der Waals surface area contributed by atoms with Crippen molar-refractivity contribution in [3.05, 3.63) is 90.4 Å². The molecule has 5 rings (SSSR count). The molecule has 33 heavy (non-hydrogen) atoms. The van der Waals surface area contributed by atoms with E-state index in [-0.39, 0.29) is 5.82 Å². The van der Waals surface area contributed by atoms with E-state index in [1.54, 1.807) is 12.3 Å². The van der Waals surface area contributed by atoms with Crippen LogP contribution in [0.15, 0.2) is 79.0 Å². The first kappa shape index (κ1) is 22.1. The summed E-state index contributed by atoms with van der Waals surface area (Å²) >= 11 is 0. The number of anilines is 1. The van der Waals surface area contributed by atoms with Gasteiger partial charge in [0.15, 0.2) is 11.5 Å². The highest BCUT2D eigenvalue weighted by Gasteiger charge is 2.18. The Labute approximate surface area is 192 Å². The first-order chi connectivity index (χ1) is 16.1. The normalized spacial score (nSPS) is 10.7. The maximum Gasteiger partial charge on any atom is 0.165 e. The molecule has 0 saturated heterocycles. The molecule has 3 aromatic heterocycles. The zero-order chi connectivity index (χ0) is 23.4. The van der Waals surface area contributed by atoms with E-state index in [1.165, 1.54) is 17.7 Å². The summed E-state index contributed by atoms with van der Waals surface area (Å²) in [4.78, 5) is 13.9. The fourth-order valence-electron chi connectivity index (χ4n) is 3.68. The van der Waals surface area contributed by atoms with Gasteiger partial charge in [0.05, 0.1) is 11.3 Å². The van der Waals surface area contributed by atoms with Crippen molar-refractivity contribution in [3.63, 3.8) is 0 Å². The highest BCUT2D eigenvalue weighted by atomic mass is 19.1. The third-order valence-corrected chi connectivity index (χ3v) is 5.31. The molecule has 0 aliphatic rings. The molecule has 0 bridgehead atoms. The molecule has 0 amide bonds. The number of benzene rings is 2. The lowest BCUT2D eigenvalue weighted by molar-refractivity contribution is 0.628. The maximum absolute atomic E-state index is 13.8. The van der Waals surface area contributed by atoms with Crippen LogP contribution in [0.1, 0.15) is 26.3 Å². The number of aromatic nitrogens is 4. The van der Waals surface area contributed by atoms with Gasteiger partial charge in [-0.15, -0.1) is 0 Å². The molecule has 166 valence electrons. The van der Waals surface area contributed by atoms with Gasteiger partial charge in [0.1, 0.15) is 17.2 Å². The molecular weight excluding hydrogens is 413 g/mol. The summed E-state index contributed by atoms with van der Waals surface area (Å²) in [6.45, 7) is 6.12. The maximum atomic E-state index is 13.8. The van der Waals surface area contributed by atoms with Crippen molar-refractivity contribution >= 4 is 17.0 Å². The average molecular weight is 440 g/mol. The van der Waals surface area contributed by atoms with Crippen molar-refractivity contribution in [3.8, 4) is 28.3 Å². The fourth-order valence-corrected chi connectivity index (χ4v) is 3.68. The van der Waals surface area contributed by atoms with Crippen LogP contribution in [0.25, 0.3) is 39.5 Å². The predicted molar refractivity (Wildman–Crippen MR) is 133 cm³/mol. The third kappa shape index (κ3) is 4.32. The first-order valence-corrected chi connectivity index (χ1v) is 11.1. The number of pyridine rings is 2. The van der Waals surface area contributed by atoms with E-state index in [0.29, 0.717) is 28.5 Å². The first-order valence-electron chi connectivity index (χ1n) is 11.1. The van der Waals surface area contributed by atoms with Gasteiger partial charge < -0.3 is 5.73 Å². The van der Waals surface area contributed by atoms with Crippen molar-refractivity contribution in [2.45, 2.75) is 27.2 Å². The van der Waals surface area contributed by atoms with Crippen molar-refractivity contribution in [2.24, 2.45) is 0 Å². The van der Waals surface area contributed by atoms with E-state index in [1.807, 2.05) is 60.9 Å².